The van der Waals surface area contributed by atoms with Crippen molar-refractivity contribution in [1.29, 1.82) is 0 Å². The Hall–Kier alpha value is -1.22. The lowest BCUT2D eigenvalue weighted by Gasteiger charge is -2.27. The summed E-state index contributed by atoms with van der Waals surface area (Å²) in [4.78, 5) is 6.54. The lowest BCUT2D eigenvalue weighted by molar-refractivity contribution is 0.0674. The minimum atomic E-state index is 0. The van der Waals surface area contributed by atoms with Crippen LogP contribution in [0.2, 0.25) is 0 Å². The number of guanidine groups is 1. The standard InChI is InChI=1S/C17H27N3O3.HI/c1-3-23-16-13-14(6-7-15(16)21-2)5-4-8-19-17(18)20-9-11-22-12-10-20;/h6-7,13H,3-5,8-12H2,1-2H3,(H2,18,19);1H. The molecule has 0 saturated carbocycles. The number of hydrogen-bond acceptors (Lipinski definition) is 4. The molecule has 1 aliphatic rings. The third kappa shape index (κ3) is 6.35. The fourth-order valence-corrected chi connectivity index (χ4v) is 2.51. The van der Waals surface area contributed by atoms with E-state index in [4.69, 9.17) is 19.9 Å². The van der Waals surface area contributed by atoms with E-state index in [9.17, 15) is 0 Å². The second-order valence-electron chi connectivity index (χ2n) is 5.36. The van der Waals surface area contributed by atoms with Gasteiger partial charge in [-0.3, -0.25) is 4.99 Å². The highest BCUT2D eigenvalue weighted by Crippen LogP contribution is 2.28. The number of halogens is 1. The van der Waals surface area contributed by atoms with Crippen molar-refractivity contribution >= 4 is 29.9 Å². The number of rotatable bonds is 7. The quantitative estimate of drug-likeness (QED) is 0.300. The number of morpholine rings is 1. The predicted octanol–water partition coefficient (Wildman–Crippen LogP) is 2.29. The number of methoxy groups -OCH3 is 1. The summed E-state index contributed by atoms with van der Waals surface area (Å²) in [6, 6.07) is 6.06. The van der Waals surface area contributed by atoms with Gasteiger partial charge in [-0.15, -0.1) is 24.0 Å². The van der Waals surface area contributed by atoms with E-state index in [2.05, 4.69) is 16.0 Å². The maximum atomic E-state index is 6.01. The Morgan fingerprint density at radius 2 is 2.04 bits per heavy atom. The number of aryl methyl sites for hydroxylation is 1. The van der Waals surface area contributed by atoms with Crippen LogP contribution >= 0.6 is 24.0 Å². The fourth-order valence-electron chi connectivity index (χ4n) is 2.51. The Kier molecular flexibility index (Phi) is 9.85. The van der Waals surface area contributed by atoms with Gasteiger partial charge in [-0.1, -0.05) is 6.07 Å². The normalized spacial score (nSPS) is 14.9. The summed E-state index contributed by atoms with van der Waals surface area (Å²) in [7, 11) is 1.65. The van der Waals surface area contributed by atoms with Gasteiger partial charge in [0, 0.05) is 19.6 Å². The van der Waals surface area contributed by atoms with Gasteiger partial charge < -0.3 is 24.8 Å². The summed E-state index contributed by atoms with van der Waals surface area (Å²) in [6.45, 7) is 6.41. The van der Waals surface area contributed by atoms with Gasteiger partial charge in [-0.25, -0.2) is 0 Å². The van der Waals surface area contributed by atoms with E-state index in [1.54, 1.807) is 7.11 Å². The first-order valence-electron chi connectivity index (χ1n) is 8.17. The largest absolute Gasteiger partial charge is 0.493 e. The predicted molar refractivity (Wildman–Crippen MR) is 107 cm³/mol. The summed E-state index contributed by atoms with van der Waals surface area (Å²) >= 11 is 0. The van der Waals surface area contributed by atoms with Crippen molar-refractivity contribution in [3.05, 3.63) is 23.8 Å². The van der Waals surface area contributed by atoms with Gasteiger partial charge in [0.25, 0.3) is 0 Å². The zero-order valence-corrected chi connectivity index (χ0v) is 16.8. The van der Waals surface area contributed by atoms with Crippen LogP contribution in [0.15, 0.2) is 23.2 Å². The van der Waals surface area contributed by atoms with E-state index in [0.29, 0.717) is 12.6 Å². The summed E-state index contributed by atoms with van der Waals surface area (Å²) in [6.07, 6.45) is 1.88. The van der Waals surface area contributed by atoms with Crippen LogP contribution in [0.3, 0.4) is 0 Å². The molecule has 1 aliphatic heterocycles. The van der Waals surface area contributed by atoms with Crippen molar-refractivity contribution in [2.75, 3.05) is 46.6 Å². The van der Waals surface area contributed by atoms with Crippen molar-refractivity contribution in [1.82, 2.24) is 4.90 Å². The maximum absolute atomic E-state index is 6.01. The van der Waals surface area contributed by atoms with Crippen molar-refractivity contribution in [2.45, 2.75) is 19.8 Å². The lowest BCUT2D eigenvalue weighted by atomic mass is 10.1. The minimum absolute atomic E-state index is 0. The molecular formula is C17H28IN3O3. The van der Waals surface area contributed by atoms with Crippen molar-refractivity contribution in [3.63, 3.8) is 0 Å². The number of ether oxygens (including phenoxy) is 3. The summed E-state index contributed by atoms with van der Waals surface area (Å²) in [5, 5.41) is 0. The van der Waals surface area contributed by atoms with E-state index in [-0.39, 0.29) is 24.0 Å². The second kappa shape index (κ2) is 11.4. The van der Waals surface area contributed by atoms with Crippen molar-refractivity contribution in [3.8, 4) is 11.5 Å². The highest BCUT2D eigenvalue weighted by atomic mass is 127. The van der Waals surface area contributed by atoms with Crippen molar-refractivity contribution in [2.24, 2.45) is 10.7 Å². The molecule has 0 atom stereocenters. The fraction of sp³-hybridized carbons (Fsp3) is 0.588. The molecule has 7 heteroatoms. The van der Waals surface area contributed by atoms with Crippen LogP contribution < -0.4 is 15.2 Å². The molecule has 1 fully saturated rings. The molecule has 1 aromatic carbocycles. The van der Waals surface area contributed by atoms with Gasteiger partial charge in [-0.2, -0.15) is 0 Å². The van der Waals surface area contributed by atoms with Crippen LogP contribution in [0.1, 0.15) is 18.9 Å². The zero-order valence-electron chi connectivity index (χ0n) is 14.5. The van der Waals surface area contributed by atoms with E-state index < -0.39 is 0 Å². The van der Waals surface area contributed by atoms with Gasteiger partial charge >= 0.3 is 0 Å². The first-order valence-corrected chi connectivity index (χ1v) is 8.17. The highest BCUT2D eigenvalue weighted by molar-refractivity contribution is 14.0. The third-order valence-electron chi connectivity index (χ3n) is 3.76. The molecular weight excluding hydrogens is 421 g/mol. The van der Waals surface area contributed by atoms with Gasteiger partial charge in [0.05, 0.1) is 26.9 Å². The molecule has 136 valence electrons. The van der Waals surface area contributed by atoms with Crippen LogP contribution in [-0.4, -0.2) is 57.4 Å². The Labute approximate surface area is 161 Å². The number of nitrogens with zero attached hydrogens (tertiary/aromatic N) is 2. The van der Waals surface area contributed by atoms with Gasteiger partial charge in [0.1, 0.15) is 0 Å². The number of aliphatic imine (C=N–C) groups is 1. The van der Waals surface area contributed by atoms with E-state index >= 15 is 0 Å². The molecule has 0 aliphatic carbocycles. The van der Waals surface area contributed by atoms with Gasteiger partial charge in [-0.05, 0) is 37.5 Å². The Balaban J connectivity index is 0.00000288. The van der Waals surface area contributed by atoms with Crippen LogP contribution in [0.25, 0.3) is 0 Å². The monoisotopic (exact) mass is 449 g/mol. The summed E-state index contributed by atoms with van der Waals surface area (Å²) < 4.78 is 16.2. The molecule has 0 bridgehead atoms. The highest BCUT2D eigenvalue weighted by Gasteiger charge is 2.11. The number of benzene rings is 1. The molecule has 6 nitrogen and oxygen atoms in total. The zero-order chi connectivity index (χ0) is 16.5. The second-order valence-corrected chi connectivity index (χ2v) is 5.36. The van der Waals surface area contributed by atoms with E-state index in [1.807, 2.05) is 19.1 Å². The van der Waals surface area contributed by atoms with Crippen LogP contribution in [0.4, 0.5) is 0 Å². The Morgan fingerprint density at radius 1 is 1.29 bits per heavy atom. The molecule has 24 heavy (non-hydrogen) atoms. The molecule has 1 heterocycles. The third-order valence-corrected chi connectivity index (χ3v) is 3.76. The molecule has 0 aromatic heterocycles. The average Bonchev–Trinajstić information content (AvgIpc) is 2.60. The van der Waals surface area contributed by atoms with Gasteiger partial charge in [0.15, 0.2) is 17.5 Å². The smallest absolute Gasteiger partial charge is 0.191 e. The van der Waals surface area contributed by atoms with Crippen LogP contribution in [0.5, 0.6) is 11.5 Å². The summed E-state index contributed by atoms with van der Waals surface area (Å²) in [5.41, 5.74) is 7.23. The maximum Gasteiger partial charge on any atom is 0.191 e. The first-order chi connectivity index (χ1) is 11.2. The number of hydrogen-bond donors (Lipinski definition) is 1. The molecule has 0 amide bonds. The topological polar surface area (TPSA) is 69.3 Å². The van der Waals surface area contributed by atoms with E-state index in [0.717, 1.165) is 57.2 Å². The Bertz CT molecular complexity index is 520. The SMILES string of the molecule is CCOc1cc(CCCN=C(N)N2CCOCC2)ccc1OC.I. The number of nitrogens with two attached hydrogens (primary N) is 1. The molecule has 2 N–H and O–H groups in total. The van der Waals surface area contributed by atoms with E-state index in [1.165, 1.54) is 5.56 Å². The molecule has 1 aromatic rings. The first kappa shape index (κ1) is 20.8. The molecule has 0 spiro atoms. The van der Waals surface area contributed by atoms with Crippen molar-refractivity contribution < 1.29 is 14.2 Å². The van der Waals surface area contributed by atoms with Crippen LogP contribution in [-0.2, 0) is 11.2 Å². The summed E-state index contributed by atoms with van der Waals surface area (Å²) in [5.74, 6) is 2.19. The molecule has 2 rings (SSSR count). The van der Waals surface area contributed by atoms with Gasteiger partial charge in [0.2, 0.25) is 0 Å². The minimum Gasteiger partial charge on any atom is -0.493 e. The lowest BCUT2D eigenvalue weighted by Crippen LogP contribution is -2.44. The Morgan fingerprint density at radius 3 is 2.71 bits per heavy atom. The molecule has 1 saturated heterocycles. The van der Waals surface area contributed by atoms with Crippen LogP contribution in [0, 0.1) is 0 Å². The molecule has 0 radical (unpaired) electrons. The molecule has 0 unspecified atom stereocenters. The average molecular weight is 449 g/mol.